The third kappa shape index (κ3) is 2.97. The maximum absolute atomic E-state index is 9.89. The Bertz CT molecular complexity index is 355. The summed E-state index contributed by atoms with van der Waals surface area (Å²) in [6.07, 6.45) is -0.541. The summed E-state index contributed by atoms with van der Waals surface area (Å²) in [6, 6.07) is 5.23. The van der Waals surface area contributed by atoms with Crippen molar-refractivity contribution >= 4 is 15.9 Å². The Labute approximate surface area is 105 Å². The van der Waals surface area contributed by atoms with E-state index >= 15 is 0 Å². The van der Waals surface area contributed by atoms with Crippen LogP contribution in [0.4, 0.5) is 0 Å². The van der Waals surface area contributed by atoms with Gasteiger partial charge in [-0.05, 0) is 39.5 Å². The third-order valence-electron chi connectivity index (χ3n) is 2.61. The van der Waals surface area contributed by atoms with Gasteiger partial charge in [-0.15, -0.1) is 0 Å². The van der Waals surface area contributed by atoms with Crippen molar-refractivity contribution in [3.63, 3.8) is 0 Å². The van der Waals surface area contributed by atoms with Crippen molar-refractivity contribution in [2.45, 2.75) is 26.0 Å². The van der Waals surface area contributed by atoms with Crippen molar-refractivity contribution in [3.8, 4) is 5.75 Å². The van der Waals surface area contributed by atoms with E-state index in [0.717, 1.165) is 15.8 Å². The highest BCUT2D eigenvalue weighted by molar-refractivity contribution is 9.10. The topological polar surface area (TPSA) is 55.5 Å². The van der Waals surface area contributed by atoms with Crippen molar-refractivity contribution in [2.75, 3.05) is 7.11 Å². The molecule has 4 heteroatoms. The molecule has 0 fully saturated rings. The third-order valence-corrected chi connectivity index (χ3v) is 3.23. The van der Waals surface area contributed by atoms with Gasteiger partial charge in [-0.25, -0.2) is 0 Å². The van der Waals surface area contributed by atoms with Crippen LogP contribution in [0.25, 0.3) is 0 Å². The lowest BCUT2D eigenvalue weighted by Gasteiger charge is -2.22. The summed E-state index contributed by atoms with van der Waals surface area (Å²) in [5, 5.41) is 9.89. The molecule has 2 atom stereocenters. The molecule has 0 heterocycles. The lowest BCUT2D eigenvalue weighted by atomic mass is 9.94. The summed E-state index contributed by atoms with van der Waals surface area (Å²) in [6.45, 7) is 3.90. The number of aliphatic hydroxyl groups is 1. The number of ether oxygens (including phenoxy) is 1. The molecule has 16 heavy (non-hydrogen) atoms. The summed E-state index contributed by atoms with van der Waals surface area (Å²) in [4.78, 5) is 0. The smallest absolute Gasteiger partial charge is 0.133 e. The molecular weight excluding hydrogens is 270 g/mol. The van der Waals surface area contributed by atoms with Crippen LogP contribution in [0.15, 0.2) is 22.7 Å². The summed E-state index contributed by atoms with van der Waals surface area (Å²) in [5.74, 6) is 0.894. The average molecular weight is 288 g/mol. The number of halogens is 1. The van der Waals surface area contributed by atoms with E-state index in [1.54, 1.807) is 7.11 Å². The van der Waals surface area contributed by atoms with E-state index in [1.807, 2.05) is 32.0 Å². The molecule has 1 aromatic rings. The van der Waals surface area contributed by atoms with Crippen LogP contribution in [0, 0.1) is 5.92 Å². The van der Waals surface area contributed by atoms with E-state index in [0.29, 0.717) is 0 Å². The van der Waals surface area contributed by atoms with Crippen LogP contribution in [0.1, 0.15) is 25.5 Å². The molecule has 0 spiro atoms. The molecule has 3 nitrogen and oxygen atoms in total. The van der Waals surface area contributed by atoms with Gasteiger partial charge < -0.3 is 15.6 Å². The van der Waals surface area contributed by atoms with E-state index in [1.165, 1.54) is 0 Å². The number of rotatable bonds is 4. The van der Waals surface area contributed by atoms with Crippen molar-refractivity contribution in [2.24, 2.45) is 11.7 Å². The maximum atomic E-state index is 9.89. The second-order valence-electron chi connectivity index (χ2n) is 4.15. The zero-order chi connectivity index (χ0) is 12.3. The van der Waals surface area contributed by atoms with E-state index in [-0.39, 0.29) is 12.0 Å². The van der Waals surface area contributed by atoms with Crippen molar-refractivity contribution in [3.05, 3.63) is 28.2 Å². The molecule has 0 unspecified atom stereocenters. The quantitative estimate of drug-likeness (QED) is 0.895. The predicted octanol–water partition coefficient (Wildman–Crippen LogP) is 2.47. The first-order chi connectivity index (χ1) is 7.47. The molecular formula is C12H18BrNO2. The number of hydrogen-bond acceptors (Lipinski definition) is 3. The predicted molar refractivity (Wildman–Crippen MR) is 68.5 cm³/mol. The van der Waals surface area contributed by atoms with E-state index in [4.69, 9.17) is 10.5 Å². The highest BCUT2D eigenvalue weighted by atomic mass is 79.9. The van der Waals surface area contributed by atoms with E-state index in [2.05, 4.69) is 15.9 Å². The second kappa shape index (κ2) is 5.66. The van der Waals surface area contributed by atoms with Gasteiger partial charge in [-0.1, -0.05) is 19.9 Å². The minimum atomic E-state index is -0.541. The van der Waals surface area contributed by atoms with Gasteiger partial charge in [0.1, 0.15) is 5.75 Å². The minimum absolute atomic E-state index is 0.135. The Morgan fingerprint density at radius 3 is 2.44 bits per heavy atom. The largest absolute Gasteiger partial charge is 0.496 e. The first kappa shape index (κ1) is 13.5. The SMILES string of the molecule is COc1ccc([C@@H](N)[C@@H](O)C(C)C)cc1Br. The van der Waals surface area contributed by atoms with Crippen LogP contribution >= 0.6 is 15.9 Å². The van der Waals surface area contributed by atoms with Gasteiger partial charge in [0.15, 0.2) is 0 Å². The molecule has 0 aliphatic heterocycles. The Hall–Kier alpha value is -0.580. The summed E-state index contributed by atoms with van der Waals surface area (Å²) < 4.78 is 5.98. The van der Waals surface area contributed by atoms with E-state index < -0.39 is 6.10 Å². The zero-order valence-corrected chi connectivity index (χ0v) is 11.4. The van der Waals surface area contributed by atoms with Gasteiger partial charge in [0.05, 0.1) is 23.7 Å². The van der Waals surface area contributed by atoms with Crippen LogP contribution in [0.2, 0.25) is 0 Å². The molecule has 0 saturated heterocycles. The van der Waals surface area contributed by atoms with Crippen LogP contribution in [0.5, 0.6) is 5.75 Å². The van der Waals surface area contributed by atoms with Crippen LogP contribution < -0.4 is 10.5 Å². The summed E-state index contributed by atoms with van der Waals surface area (Å²) >= 11 is 3.40. The maximum Gasteiger partial charge on any atom is 0.133 e. The Balaban J connectivity index is 2.92. The Morgan fingerprint density at radius 2 is 2.00 bits per heavy atom. The van der Waals surface area contributed by atoms with Gasteiger partial charge in [-0.2, -0.15) is 0 Å². The molecule has 1 aromatic carbocycles. The molecule has 0 amide bonds. The lowest BCUT2D eigenvalue weighted by Crippen LogP contribution is -2.30. The summed E-state index contributed by atoms with van der Waals surface area (Å²) in [5.41, 5.74) is 6.89. The zero-order valence-electron chi connectivity index (χ0n) is 9.77. The van der Waals surface area contributed by atoms with Crippen LogP contribution in [-0.2, 0) is 0 Å². The van der Waals surface area contributed by atoms with Crippen molar-refractivity contribution in [1.82, 2.24) is 0 Å². The molecule has 0 saturated carbocycles. The Kier molecular flexibility index (Phi) is 4.77. The first-order valence-corrected chi connectivity index (χ1v) is 6.03. The summed E-state index contributed by atoms with van der Waals surface area (Å²) in [7, 11) is 1.61. The number of aliphatic hydroxyl groups excluding tert-OH is 1. The fourth-order valence-corrected chi connectivity index (χ4v) is 2.06. The van der Waals surface area contributed by atoms with Gasteiger partial charge >= 0.3 is 0 Å². The normalized spacial score (nSPS) is 14.9. The molecule has 0 radical (unpaired) electrons. The molecule has 0 bridgehead atoms. The molecule has 0 aliphatic rings. The van der Waals surface area contributed by atoms with Crippen LogP contribution in [-0.4, -0.2) is 18.3 Å². The number of nitrogens with two attached hydrogens (primary N) is 1. The average Bonchev–Trinajstić information content (AvgIpc) is 2.26. The van der Waals surface area contributed by atoms with Gasteiger partial charge in [0.2, 0.25) is 0 Å². The van der Waals surface area contributed by atoms with Crippen molar-refractivity contribution < 1.29 is 9.84 Å². The van der Waals surface area contributed by atoms with Gasteiger partial charge in [0, 0.05) is 0 Å². The standard InChI is InChI=1S/C12H18BrNO2/c1-7(2)12(15)11(14)8-4-5-10(16-3)9(13)6-8/h4-7,11-12,15H,14H2,1-3H3/t11-,12+/m1/s1. The van der Waals surface area contributed by atoms with Gasteiger partial charge in [0.25, 0.3) is 0 Å². The fraction of sp³-hybridized carbons (Fsp3) is 0.500. The molecule has 1 rings (SSSR count). The van der Waals surface area contributed by atoms with Crippen LogP contribution in [0.3, 0.4) is 0 Å². The van der Waals surface area contributed by atoms with Gasteiger partial charge in [-0.3, -0.25) is 0 Å². The van der Waals surface area contributed by atoms with E-state index in [9.17, 15) is 5.11 Å². The first-order valence-electron chi connectivity index (χ1n) is 5.24. The lowest BCUT2D eigenvalue weighted by molar-refractivity contribution is 0.0979. The minimum Gasteiger partial charge on any atom is -0.496 e. The highest BCUT2D eigenvalue weighted by Crippen LogP contribution is 2.29. The molecule has 0 aliphatic carbocycles. The molecule has 0 aromatic heterocycles. The highest BCUT2D eigenvalue weighted by Gasteiger charge is 2.20. The monoisotopic (exact) mass is 287 g/mol. The van der Waals surface area contributed by atoms with Crippen molar-refractivity contribution in [1.29, 1.82) is 0 Å². The molecule has 90 valence electrons. The fourth-order valence-electron chi connectivity index (χ4n) is 1.50. The second-order valence-corrected chi connectivity index (χ2v) is 5.01. The Morgan fingerprint density at radius 1 is 1.38 bits per heavy atom. The number of methoxy groups -OCH3 is 1. The number of hydrogen-bond donors (Lipinski definition) is 2. The number of benzene rings is 1. The molecule has 3 N–H and O–H groups in total.